The molecule has 400 valence electrons. The average molecular weight is 1050 g/mol. The van der Waals surface area contributed by atoms with Crippen LogP contribution in [0.5, 0.6) is 0 Å². The van der Waals surface area contributed by atoms with Crippen molar-refractivity contribution in [2.75, 3.05) is 13.2 Å². The highest BCUT2D eigenvalue weighted by Gasteiger charge is 2.56. The van der Waals surface area contributed by atoms with Crippen molar-refractivity contribution in [3.63, 3.8) is 0 Å². The lowest BCUT2D eigenvalue weighted by molar-refractivity contribution is -0.213. The van der Waals surface area contributed by atoms with Gasteiger partial charge in [-0.05, 0) is 77.0 Å². The third kappa shape index (κ3) is 34.8. The third-order valence-corrected chi connectivity index (χ3v) is 12.8. The maximum atomic E-state index is 13.1. The summed E-state index contributed by atoms with van der Waals surface area (Å²) in [4.78, 5) is 73.2. The van der Waals surface area contributed by atoms with Crippen molar-refractivity contribution in [1.82, 2.24) is 0 Å². The summed E-state index contributed by atoms with van der Waals surface area (Å²) in [5, 5.41) is 31.9. The zero-order valence-corrected chi connectivity index (χ0v) is 43.3. The predicted molar refractivity (Wildman–Crippen MR) is 261 cm³/mol. The molecule has 1 aliphatic rings. The first-order valence-electron chi connectivity index (χ1n) is 24.6. The lowest BCUT2D eigenvalue weighted by Gasteiger charge is -2.44. The van der Waals surface area contributed by atoms with E-state index in [1.54, 1.807) is 0 Å². The second-order valence-corrected chi connectivity index (χ2v) is 20.8. The van der Waals surface area contributed by atoms with Gasteiger partial charge in [-0.1, -0.05) is 139 Å². The second kappa shape index (κ2) is 38.5. The molecule has 1 saturated carbocycles. The Bertz CT molecular complexity index is 1670. The summed E-state index contributed by atoms with van der Waals surface area (Å²) >= 11 is 0. The van der Waals surface area contributed by atoms with Crippen LogP contribution in [0.15, 0.2) is 60.8 Å². The van der Waals surface area contributed by atoms with E-state index in [4.69, 9.17) is 18.5 Å². The zero-order chi connectivity index (χ0) is 51.4. The molecule has 0 spiro atoms. The van der Waals surface area contributed by atoms with E-state index in [0.29, 0.717) is 12.8 Å². The minimum Gasteiger partial charge on any atom is -0.462 e. The maximum Gasteiger partial charge on any atom is 0.472 e. The van der Waals surface area contributed by atoms with Crippen LogP contribution in [0.4, 0.5) is 0 Å². The Balaban J connectivity index is 2.71. The molecule has 0 aromatic rings. The summed E-state index contributed by atoms with van der Waals surface area (Å²) in [6, 6.07) is 0. The van der Waals surface area contributed by atoms with Gasteiger partial charge in [-0.3, -0.25) is 27.7 Å². The van der Waals surface area contributed by atoms with Gasteiger partial charge >= 0.3 is 35.4 Å². The quantitative estimate of drug-likeness (QED) is 0.0122. The number of phosphoric acid groups is 3. The van der Waals surface area contributed by atoms with Crippen molar-refractivity contribution in [3.05, 3.63) is 60.8 Å². The van der Waals surface area contributed by atoms with E-state index in [-0.39, 0.29) is 12.8 Å². The number of carbonyl (C=O) groups excluding carboxylic acids is 2. The molecule has 0 aromatic carbocycles. The fraction of sp³-hybridized carbons (Fsp3) is 0.745. The van der Waals surface area contributed by atoms with Crippen LogP contribution in [0.3, 0.4) is 0 Å². The van der Waals surface area contributed by atoms with Crippen molar-refractivity contribution in [1.29, 1.82) is 0 Å². The first kappa shape index (κ1) is 64.9. The molecule has 8 atom stereocenters. The van der Waals surface area contributed by atoms with Crippen LogP contribution < -0.4 is 0 Å². The van der Waals surface area contributed by atoms with Gasteiger partial charge in [-0.2, -0.15) is 0 Å². The highest BCUT2D eigenvalue weighted by Crippen LogP contribution is 2.51. The van der Waals surface area contributed by atoms with Crippen LogP contribution in [0.1, 0.15) is 168 Å². The molecule has 8 unspecified atom stereocenters. The van der Waals surface area contributed by atoms with E-state index in [2.05, 4.69) is 83.7 Å². The van der Waals surface area contributed by atoms with Crippen LogP contribution in [0, 0.1) is 0 Å². The number of allylic oxidation sites excluding steroid dienone is 10. The van der Waals surface area contributed by atoms with E-state index in [1.165, 1.54) is 19.3 Å². The summed E-state index contributed by atoms with van der Waals surface area (Å²) in [7, 11) is -16.6. The SMILES string of the molecule is CCCC=CCC=CCCCCCCCC(=O)OC(COC(=O)CCCCCCCCC=CCC=CCC=CCCCCC)COP(=O)(O)OC1C(O)C(O)C(OP(=O)(O)O)C(OP(=O)(O)O)C1O. The molecule has 0 saturated heterocycles. The van der Waals surface area contributed by atoms with Gasteiger partial charge in [-0.15, -0.1) is 0 Å². The largest absolute Gasteiger partial charge is 0.472 e. The lowest BCUT2D eigenvalue weighted by atomic mass is 9.85. The summed E-state index contributed by atoms with van der Waals surface area (Å²) in [5.41, 5.74) is 0. The number of aliphatic hydroxyl groups excluding tert-OH is 3. The Hall–Kier alpha value is -2.15. The summed E-state index contributed by atoms with van der Waals surface area (Å²) in [6.45, 7) is 2.83. The average Bonchev–Trinajstić information content (AvgIpc) is 3.28. The van der Waals surface area contributed by atoms with Gasteiger partial charge in [0.05, 0.1) is 6.61 Å². The number of rotatable bonds is 41. The number of hydrogen-bond donors (Lipinski definition) is 8. The van der Waals surface area contributed by atoms with Gasteiger partial charge in [0.15, 0.2) is 6.10 Å². The number of esters is 2. The molecule has 0 aliphatic heterocycles. The van der Waals surface area contributed by atoms with Crippen LogP contribution in [-0.4, -0.2) is 108 Å². The molecule has 0 heterocycles. The van der Waals surface area contributed by atoms with Crippen LogP contribution in [0.2, 0.25) is 0 Å². The van der Waals surface area contributed by atoms with Gasteiger partial charge in [0.25, 0.3) is 0 Å². The lowest BCUT2D eigenvalue weighted by Crippen LogP contribution is -2.65. The smallest absolute Gasteiger partial charge is 0.462 e. The highest BCUT2D eigenvalue weighted by molar-refractivity contribution is 7.47. The molecule has 1 aliphatic carbocycles. The topological polar surface area (TPSA) is 303 Å². The number of ether oxygens (including phenoxy) is 2. The van der Waals surface area contributed by atoms with Gasteiger partial charge in [0.2, 0.25) is 0 Å². The van der Waals surface area contributed by atoms with E-state index >= 15 is 0 Å². The van der Waals surface area contributed by atoms with Gasteiger partial charge < -0.3 is 49.3 Å². The molecular formula is C47H83O19P3. The van der Waals surface area contributed by atoms with Gasteiger partial charge in [-0.25, -0.2) is 13.7 Å². The zero-order valence-electron chi connectivity index (χ0n) is 40.6. The minimum atomic E-state index is -5.61. The molecule has 22 heteroatoms. The third-order valence-electron chi connectivity index (χ3n) is 10.8. The van der Waals surface area contributed by atoms with E-state index < -0.39 is 91.3 Å². The minimum absolute atomic E-state index is 0.0239. The number of aliphatic hydroxyl groups is 3. The monoisotopic (exact) mass is 1040 g/mol. The fourth-order valence-corrected chi connectivity index (χ4v) is 9.19. The van der Waals surface area contributed by atoms with Crippen molar-refractivity contribution >= 4 is 35.4 Å². The molecule has 69 heavy (non-hydrogen) atoms. The maximum absolute atomic E-state index is 13.1. The van der Waals surface area contributed by atoms with Crippen LogP contribution >= 0.6 is 23.5 Å². The molecule has 8 N–H and O–H groups in total. The van der Waals surface area contributed by atoms with Crippen molar-refractivity contribution in [2.24, 2.45) is 0 Å². The molecule has 1 rings (SSSR count). The Morgan fingerprint density at radius 3 is 1.35 bits per heavy atom. The summed E-state index contributed by atoms with van der Waals surface area (Å²) < 4.78 is 65.5. The van der Waals surface area contributed by atoms with E-state index in [0.717, 1.165) is 109 Å². The number of carbonyl (C=O) groups is 2. The van der Waals surface area contributed by atoms with E-state index in [1.807, 2.05) is 0 Å². The molecule has 0 radical (unpaired) electrons. The number of hydrogen-bond acceptors (Lipinski definition) is 14. The molecular weight excluding hydrogens is 961 g/mol. The van der Waals surface area contributed by atoms with Crippen LogP contribution in [0.25, 0.3) is 0 Å². The number of unbranched alkanes of at least 4 members (excludes halogenated alkanes) is 15. The summed E-state index contributed by atoms with van der Waals surface area (Å²) in [5.74, 6) is -1.33. The van der Waals surface area contributed by atoms with Crippen molar-refractivity contribution in [2.45, 2.75) is 211 Å². The first-order valence-corrected chi connectivity index (χ1v) is 29.1. The second-order valence-electron chi connectivity index (χ2n) is 17.0. The van der Waals surface area contributed by atoms with Crippen molar-refractivity contribution < 1.29 is 90.6 Å². The number of phosphoric ester groups is 3. The summed E-state index contributed by atoms with van der Waals surface area (Å²) in [6.07, 6.45) is 26.6. The Morgan fingerprint density at radius 1 is 0.464 bits per heavy atom. The highest BCUT2D eigenvalue weighted by atomic mass is 31.2. The predicted octanol–water partition coefficient (Wildman–Crippen LogP) is 9.18. The molecule has 0 amide bonds. The molecule has 19 nitrogen and oxygen atoms in total. The van der Waals surface area contributed by atoms with E-state index in [9.17, 15) is 63.1 Å². The van der Waals surface area contributed by atoms with Gasteiger partial charge in [0, 0.05) is 12.8 Å². The standard InChI is InChI=1S/C47H83O19P3/c1-3-5-7-9-11-13-15-17-18-19-20-21-22-24-25-27-29-31-33-35-40(48)61-37-39(63-41(49)36-34-32-30-28-26-23-16-14-12-10-8-6-4-2)38-62-69(59,60)66-45-42(50)43(51)46(64-67(53,54)55)47(44(45)52)65-68(56,57)58/h8,10-11,13-14,16-18,20-21,39,42-47,50-52H,3-7,9,12,15,19,22-38H2,1-2H3,(H,59,60)(H2,53,54,55)(H2,56,57,58). The molecule has 0 aromatic heterocycles. The molecule has 0 bridgehead atoms. The Morgan fingerprint density at radius 2 is 0.870 bits per heavy atom. The first-order chi connectivity index (χ1) is 32.8. The van der Waals surface area contributed by atoms with Crippen LogP contribution in [-0.2, 0) is 50.9 Å². The Labute approximate surface area is 409 Å². The Kier molecular flexibility index (Phi) is 36.2. The van der Waals surface area contributed by atoms with Crippen molar-refractivity contribution in [3.8, 4) is 0 Å². The normalized spacial score (nSPS) is 21.8. The molecule has 1 fully saturated rings. The van der Waals surface area contributed by atoms with Gasteiger partial charge in [0.1, 0.15) is 43.2 Å². The fourth-order valence-electron chi connectivity index (χ4n) is 7.10.